The fourth-order valence-electron chi connectivity index (χ4n) is 3.73. The third kappa shape index (κ3) is 5.07. The van der Waals surface area contributed by atoms with E-state index in [-0.39, 0.29) is 0 Å². The van der Waals surface area contributed by atoms with Crippen molar-refractivity contribution < 1.29 is 0 Å². The average Bonchev–Trinajstić information content (AvgIpc) is 2.83. The molecule has 1 aromatic heterocycles. The van der Waals surface area contributed by atoms with Gasteiger partial charge in [0.05, 0.1) is 0 Å². The fourth-order valence-corrected chi connectivity index (χ4v) is 5.24. The molecule has 1 fully saturated rings. The van der Waals surface area contributed by atoms with Crippen molar-refractivity contribution in [1.82, 2.24) is 5.32 Å². The van der Waals surface area contributed by atoms with Crippen LogP contribution in [0.25, 0.3) is 0 Å². The van der Waals surface area contributed by atoms with Gasteiger partial charge >= 0.3 is 0 Å². The van der Waals surface area contributed by atoms with Crippen molar-refractivity contribution in [3.8, 4) is 0 Å². The van der Waals surface area contributed by atoms with E-state index < -0.39 is 0 Å². The Hall–Kier alpha value is 0.140. The Labute approximate surface area is 143 Å². The average molecular weight is 372 g/mol. The summed E-state index contributed by atoms with van der Waals surface area (Å²) in [7, 11) is 0. The second-order valence-corrected chi connectivity index (χ2v) is 9.49. The Morgan fingerprint density at radius 1 is 1.29 bits per heavy atom. The zero-order chi connectivity index (χ0) is 15.5. The quantitative estimate of drug-likeness (QED) is 0.680. The molecule has 1 aliphatic rings. The molecule has 21 heavy (non-hydrogen) atoms. The summed E-state index contributed by atoms with van der Waals surface area (Å²) < 4.78 is 1.23. The van der Waals surface area contributed by atoms with Gasteiger partial charge in [-0.3, -0.25) is 0 Å². The van der Waals surface area contributed by atoms with Crippen LogP contribution in [0, 0.1) is 17.3 Å². The molecule has 1 heterocycles. The molecule has 0 spiro atoms. The van der Waals surface area contributed by atoms with Gasteiger partial charge in [-0.05, 0) is 77.9 Å². The molecule has 0 bridgehead atoms. The molecule has 0 saturated heterocycles. The van der Waals surface area contributed by atoms with E-state index in [1.165, 1.54) is 41.5 Å². The highest BCUT2D eigenvalue weighted by molar-refractivity contribution is 9.10. The third-order valence-electron chi connectivity index (χ3n) is 5.07. The molecule has 1 atom stereocenters. The molecule has 1 N–H and O–H groups in total. The molecule has 1 aliphatic carbocycles. The smallest absolute Gasteiger partial charge is 0.0285 e. The second kappa shape index (κ2) is 7.61. The minimum Gasteiger partial charge on any atom is -0.314 e. The number of likely N-dealkylation sites (N-methyl/N-ethyl adjacent to an activating group) is 1. The highest BCUT2D eigenvalue weighted by Crippen LogP contribution is 2.41. The molecule has 0 aromatic carbocycles. The molecule has 3 heteroatoms. The van der Waals surface area contributed by atoms with Gasteiger partial charge in [0.1, 0.15) is 0 Å². The largest absolute Gasteiger partial charge is 0.314 e. The maximum Gasteiger partial charge on any atom is 0.0285 e. The first-order chi connectivity index (χ1) is 9.90. The maximum atomic E-state index is 3.76. The van der Waals surface area contributed by atoms with Crippen LogP contribution in [0.4, 0.5) is 0 Å². The van der Waals surface area contributed by atoms with Gasteiger partial charge in [-0.25, -0.2) is 0 Å². The summed E-state index contributed by atoms with van der Waals surface area (Å²) in [6, 6.07) is 2.94. The number of thiophene rings is 1. The minimum absolute atomic E-state index is 0.483. The summed E-state index contributed by atoms with van der Waals surface area (Å²) in [6.07, 6.45) is 6.79. The first kappa shape index (κ1) is 17.5. The predicted octanol–water partition coefficient (Wildman–Crippen LogP) is 5.88. The van der Waals surface area contributed by atoms with Gasteiger partial charge in [-0.1, -0.05) is 27.7 Å². The molecule has 0 radical (unpaired) electrons. The number of hydrogen-bond donors (Lipinski definition) is 1. The highest BCUT2D eigenvalue weighted by Gasteiger charge is 2.32. The zero-order valence-corrected chi connectivity index (χ0v) is 16.3. The van der Waals surface area contributed by atoms with E-state index in [9.17, 15) is 0 Å². The van der Waals surface area contributed by atoms with Gasteiger partial charge in [-0.2, -0.15) is 0 Å². The minimum atomic E-state index is 0.483. The van der Waals surface area contributed by atoms with Crippen molar-refractivity contribution in [2.24, 2.45) is 17.3 Å². The van der Waals surface area contributed by atoms with Gasteiger partial charge in [0, 0.05) is 20.8 Å². The Morgan fingerprint density at radius 3 is 2.43 bits per heavy atom. The van der Waals surface area contributed by atoms with Crippen LogP contribution in [0.1, 0.15) is 58.3 Å². The van der Waals surface area contributed by atoms with Gasteiger partial charge in [0.25, 0.3) is 0 Å². The number of hydrogen-bond acceptors (Lipinski definition) is 2. The Balaban J connectivity index is 1.93. The number of nitrogens with one attached hydrogen (secondary N) is 1. The zero-order valence-electron chi connectivity index (χ0n) is 13.9. The lowest BCUT2D eigenvalue weighted by Gasteiger charge is -2.39. The van der Waals surface area contributed by atoms with Crippen LogP contribution in [-0.2, 0) is 6.42 Å². The van der Waals surface area contributed by atoms with Crippen LogP contribution in [0.2, 0.25) is 0 Å². The monoisotopic (exact) mass is 371 g/mol. The molecule has 1 unspecified atom stereocenters. The van der Waals surface area contributed by atoms with Crippen LogP contribution in [-0.4, -0.2) is 12.6 Å². The van der Waals surface area contributed by atoms with Crippen molar-refractivity contribution in [3.63, 3.8) is 0 Å². The summed E-state index contributed by atoms with van der Waals surface area (Å²) in [4.78, 5) is 1.51. The van der Waals surface area contributed by atoms with Crippen molar-refractivity contribution in [1.29, 1.82) is 0 Å². The first-order valence-electron chi connectivity index (χ1n) is 8.36. The van der Waals surface area contributed by atoms with Crippen molar-refractivity contribution >= 4 is 27.3 Å². The lowest BCUT2D eigenvalue weighted by Crippen LogP contribution is -2.40. The van der Waals surface area contributed by atoms with E-state index >= 15 is 0 Å². The normalized spacial score (nSPS) is 25.0. The summed E-state index contributed by atoms with van der Waals surface area (Å²) in [5.74, 6) is 1.76. The van der Waals surface area contributed by atoms with Gasteiger partial charge in [-0.15, -0.1) is 11.3 Å². The van der Waals surface area contributed by atoms with Crippen LogP contribution in [0.5, 0.6) is 0 Å². The second-order valence-electron chi connectivity index (χ2n) is 7.58. The first-order valence-corrected chi connectivity index (χ1v) is 10.0. The van der Waals surface area contributed by atoms with Crippen LogP contribution < -0.4 is 5.32 Å². The van der Waals surface area contributed by atoms with E-state index in [2.05, 4.69) is 60.4 Å². The van der Waals surface area contributed by atoms with E-state index in [4.69, 9.17) is 0 Å². The standard InChI is InChI=1S/C18H30BrNS/c1-5-20-17(11-16-10-15(19)12-21-16)13-6-8-14(9-7-13)18(2,3)4/h10,12-14,17,20H,5-9,11H2,1-4H3. The molecule has 1 saturated carbocycles. The lowest BCUT2D eigenvalue weighted by atomic mass is 9.68. The maximum absolute atomic E-state index is 3.76. The van der Waals surface area contributed by atoms with Crippen LogP contribution in [0.3, 0.4) is 0 Å². The molecule has 2 rings (SSSR count). The molecular weight excluding hydrogens is 342 g/mol. The molecule has 1 aromatic rings. The molecule has 1 nitrogen and oxygen atoms in total. The SMILES string of the molecule is CCNC(Cc1cc(Br)cs1)C1CCC(C(C)(C)C)CC1. The van der Waals surface area contributed by atoms with Crippen LogP contribution >= 0.6 is 27.3 Å². The summed E-state index contributed by atoms with van der Waals surface area (Å²) in [5, 5.41) is 5.96. The van der Waals surface area contributed by atoms with E-state index in [1.54, 1.807) is 0 Å². The van der Waals surface area contributed by atoms with Gasteiger partial charge in [0.15, 0.2) is 0 Å². The Kier molecular flexibility index (Phi) is 6.34. The number of rotatable bonds is 5. The highest BCUT2D eigenvalue weighted by atomic mass is 79.9. The Morgan fingerprint density at radius 2 is 1.95 bits per heavy atom. The lowest BCUT2D eigenvalue weighted by molar-refractivity contribution is 0.133. The molecule has 120 valence electrons. The van der Waals surface area contributed by atoms with E-state index in [0.29, 0.717) is 11.5 Å². The van der Waals surface area contributed by atoms with Crippen LogP contribution in [0.15, 0.2) is 15.9 Å². The predicted molar refractivity (Wildman–Crippen MR) is 98.1 cm³/mol. The van der Waals surface area contributed by atoms with Crippen molar-refractivity contribution in [3.05, 3.63) is 20.8 Å². The number of halogens is 1. The van der Waals surface area contributed by atoms with E-state index in [1.807, 2.05) is 11.3 Å². The Bertz CT molecular complexity index is 427. The third-order valence-corrected chi connectivity index (χ3v) is 6.79. The van der Waals surface area contributed by atoms with Gasteiger partial charge < -0.3 is 5.32 Å². The van der Waals surface area contributed by atoms with Crippen molar-refractivity contribution in [2.75, 3.05) is 6.54 Å². The van der Waals surface area contributed by atoms with E-state index in [0.717, 1.165) is 18.4 Å². The molecule has 0 aliphatic heterocycles. The van der Waals surface area contributed by atoms with Crippen molar-refractivity contribution in [2.45, 2.75) is 65.8 Å². The summed E-state index contributed by atoms with van der Waals surface area (Å²) in [5.41, 5.74) is 0.483. The molecule has 0 amide bonds. The fraction of sp³-hybridized carbons (Fsp3) is 0.778. The molecular formula is C18H30BrNS. The van der Waals surface area contributed by atoms with Gasteiger partial charge in [0.2, 0.25) is 0 Å². The summed E-state index contributed by atoms with van der Waals surface area (Å²) >= 11 is 5.46. The topological polar surface area (TPSA) is 12.0 Å². The summed E-state index contributed by atoms with van der Waals surface area (Å²) in [6.45, 7) is 10.5.